The molecule has 0 aliphatic rings. The first kappa shape index (κ1) is 15.9. The maximum atomic E-state index is 5.79. The van der Waals surface area contributed by atoms with Gasteiger partial charge in [0.15, 0.2) is 5.15 Å². The molecule has 0 aliphatic heterocycles. The van der Waals surface area contributed by atoms with Crippen LogP contribution in [0.4, 0.5) is 0 Å². The number of hydrogen-bond donors (Lipinski definition) is 0. The van der Waals surface area contributed by atoms with Gasteiger partial charge < -0.3 is 10.2 Å². The zero-order valence-electron chi connectivity index (χ0n) is 11.1. The number of rotatable bonds is 2. The molecule has 0 amide bonds. The number of thiazole rings is 1. The van der Waals surface area contributed by atoms with E-state index in [2.05, 4.69) is 25.4 Å². The third-order valence-corrected chi connectivity index (χ3v) is 4.22. The molecule has 106 valence electrons. The van der Waals surface area contributed by atoms with E-state index in [1.807, 2.05) is 23.7 Å². The summed E-state index contributed by atoms with van der Waals surface area (Å²) in [5.41, 5.74) is 6.49. The Morgan fingerprint density at radius 2 is 1.91 bits per heavy atom. The largest absolute Gasteiger partial charge is 0.581 e. The SMILES string of the molecule is Clc1ccc(-c2ccc(-c3cn[n-]c3)c3ncsc23)nn1.[Th]. The van der Waals surface area contributed by atoms with Crippen LogP contribution < -0.4 is 5.10 Å². The van der Waals surface area contributed by atoms with Crippen molar-refractivity contribution in [2.24, 2.45) is 0 Å². The van der Waals surface area contributed by atoms with Crippen LogP contribution in [0, 0.1) is 39.9 Å². The predicted molar refractivity (Wildman–Crippen MR) is 82.2 cm³/mol. The zero-order chi connectivity index (χ0) is 14.2. The fraction of sp³-hybridized carbons (Fsp3) is 0. The predicted octanol–water partition coefficient (Wildman–Crippen LogP) is 3.43. The Morgan fingerprint density at radius 1 is 1.05 bits per heavy atom. The average Bonchev–Trinajstić information content (AvgIpc) is 3.19. The van der Waals surface area contributed by atoms with Gasteiger partial charge in [0, 0.05) is 57.3 Å². The quantitative estimate of drug-likeness (QED) is 0.387. The summed E-state index contributed by atoms with van der Waals surface area (Å²) >= 11 is 7.36. The van der Waals surface area contributed by atoms with Crippen LogP contribution in [-0.4, -0.2) is 20.3 Å². The van der Waals surface area contributed by atoms with E-state index in [9.17, 15) is 0 Å². The van der Waals surface area contributed by atoms with E-state index in [0.717, 1.165) is 32.6 Å². The van der Waals surface area contributed by atoms with Crippen molar-refractivity contribution in [2.45, 2.75) is 0 Å². The van der Waals surface area contributed by atoms with Gasteiger partial charge in [-0.1, -0.05) is 23.7 Å². The van der Waals surface area contributed by atoms with Crippen LogP contribution >= 0.6 is 22.9 Å². The van der Waals surface area contributed by atoms with Crippen molar-refractivity contribution in [3.05, 3.63) is 47.3 Å². The summed E-state index contributed by atoms with van der Waals surface area (Å²) in [7, 11) is 0. The van der Waals surface area contributed by atoms with Crippen LogP contribution in [-0.2, 0) is 0 Å². The van der Waals surface area contributed by atoms with Crippen LogP contribution in [0.3, 0.4) is 0 Å². The van der Waals surface area contributed by atoms with Crippen molar-refractivity contribution in [2.75, 3.05) is 0 Å². The van der Waals surface area contributed by atoms with Crippen molar-refractivity contribution in [1.82, 2.24) is 25.4 Å². The average molecular weight is 545 g/mol. The molecule has 4 rings (SSSR count). The minimum atomic E-state index is 0. The van der Waals surface area contributed by atoms with Gasteiger partial charge in [-0.25, -0.2) is 4.98 Å². The molecule has 0 aliphatic carbocycles. The molecule has 0 fully saturated rings. The number of fused-ring (bicyclic) bond motifs is 1. The molecule has 0 unspecified atom stereocenters. The maximum Gasteiger partial charge on any atom is 0.151 e. The second kappa shape index (κ2) is 6.64. The van der Waals surface area contributed by atoms with E-state index in [1.165, 1.54) is 0 Å². The summed E-state index contributed by atoms with van der Waals surface area (Å²) in [4.78, 5) is 4.47. The van der Waals surface area contributed by atoms with Crippen LogP contribution in [0.25, 0.3) is 32.6 Å². The summed E-state index contributed by atoms with van der Waals surface area (Å²) in [6.45, 7) is 0. The summed E-state index contributed by atoms with van der Waals surface area (Å²) in [6, 6.07) is 7.61. The van der Waals surface area contributed by atoms with Crippen LogP contribution in [0.15, 0.2) is 42.2 Å². The Kier molecular flexibility index (Phi) is 4.80. The third kappa shape index (κ3) is 2.79. The van der Waals surface area contributed by atoms with Gasteiger partial charge in [0.25, 0.3) is 0 Å². The summed E-state index contributed by atoms with van der Waals surface area (Å²) in [6.07, 6.45) is 3.46. The van der Waals surface area contributed by atoms with Crippen molar-refractivity contribution >= 4 is 33.2 Å². The van der Waals surface area contributed by atoms with E-state index in [-0.39, 0.29) is 39.9 Å². The molecule has 3 aromatic heterocycles. The molecule has 0 saturated carbocycles. The van der Waals surface area contributed by atoms with Gasteiger partial charge in [-0.15, -0.1) is 21.5 Å². The number of halogens is 1. The minimum Gasteiger partial charge on any atom is -0.581 e. The Bertz CT molecular complexity index is 905. The standard InChI is InChI=1S/C14H7ClN5S.Th/c15-12-4-3-11(19-20-12)10-2-1-9(8-5-17-18-6-8)13-14(10)21-7-16-13;/h1-7H;/q-1;. The molecule has 0 radical (unpaired) electrons. The first-order valence-electron chi connectivity index (χ1n) is 6.12. The van der Waals surface area contributed by atoms with Crippen molar-refractivity contribution in [3.63, 3.8) is 0 Å². The Morgan fingerprint density at radius 3 is 2.64 bits per heavy atom. The molecule has 0 N–H and O–H groups in total. The minimum absolute atomic E-state index is 0. The molecule has 0 saturated heterocycles. The maximum absolute atomic E-state index is 5.79. The topological polar surface area (TPSA) is 65.7 Å². The van der Waals surface area contributed by atoms with Crippen molar-refractivity contribution in [3.8, 4) is 22.4 Å². The van der Waals surface area contributed by atoms with Gasteiger partial charge in [0.1, 0.15) is 0 Å². The van der Waals surface area contributed by atoms with Crippen molar-refractivity contribution in [1.29, 1.82) is 0 Å². The van der Waals surface area contributed by atoms with Crippen molar-refractivity contribution < 1.29 is 39.9 Å². The second-order valence-electron chi connectivity index (χ2n) is 4.38. The third-order valence-electron chi connectivity index (χ3n) is 3.16. The van der Waals surface area contributed by atoms with E-state index in [1.54, 1.807) is 29.8 Å². The first-order chi connectivity index (χ1) is 10.3. The van der Waals surface area contributed by atoms with E-state index < -0.39 is 0 Å². The normalized spacial score (nSPS) is 10.6. The molecule has 22 heavy (non-hydrogen) atoms. The summed E-state index contributed by atoms with van der Waals surface area (Å²) < 4.78 is 1.06. The number of hydrogen-bond acceptors (Lipinski definition) is 5. The van der Waals surface area contributed by atoms with Crippen LogP contribution in [0.2, 0.25) is 5.15 Å². The van der Waals surface area contributed by atoms with Crippen LogP contribution in [0.5, 0.6) is 0 Å². The van der Waals surface area contributed by atoms with Gasteiger partial charge in [0.2, 0.25) is 0 Å². The van der Waals surface area contributed by atoms with E-state index in [4.69, 9.17) is 11.6 Å². The molecule has 5 nitrogen and oxygen atoms in total. The second-order valence-corrected chi connectivity index (χ2v) is 5.62. The van der Waals surface area contributed by atoms with Crippen LogP contribution in [0.1, 0.15) is 0 Å². The summed E-state index contributed by atoms with van der Waals surface area (Å²) in [5.74, 6) is 0. The summed E-state index contributed by atoms with van der Waals surface area (Å²) in [5, 5.41) is 16.2. The van der Waals surface area contributed by atoms with E-state index in [0.29, 0.717) is 5.15 Å². The van der Waals surface area contributed by atoms with Gasteiger partial charge in [-0.2, -0.15) is 6.20 Å². The molecule has 0 bridgehead atoms. The number of benzene rings is 1. The molecule has 1 aromatic carbocycles. The molecule has 3 heterocycles. The van der Waals surface area contributed by atoms with Gasteiger partial charge in [0.05, 0.1) is 21.4 Å². The molecule has 4 aromatic rings. The number of nitrogens with zero attached hydrogens (tertiary/aromatic N) is 5. The molecule has 0 atom stereocenters. The van der Waals surface area contributed by atoms with Gasteiger partial charge >= 0.3 is 0 Å². The molecule has 0 spiro atoms. The monoisotopic (exact) mass is 544 g/mol. The van der Waals surface area contributed by atoms with Gasteiger partial charge in [-0.3, -0.25) is 0 Å². The fourth-order valence-electron chi connectivity index (χ4n) is 2.21. The Labute approximate surface area is 166 Å². The molecule has 8 heteroatoms. The fourth-order valence-corrected chi connectivity index (χ4v) is 3.15. The molecular formula is C14H7ClN5STh-. The zero-order valence-corrected chi connectivity index (χ0v) is 16.7. The molecular weight excluding hydrogens is 538 g/mol. The Hall–Kier alpha value is -0.985. The first-order valence-corrected chi connectivity index (χ1v) is 7.38. The Balaban J connectivity index is 0.00000144. The van der Waals surface area contributed by atoms with Gasteiger partial charge in [-0.05, 0) is 17.7 Å². The number of aromatic nitrogens is 5. The van der Waals surface area contributed by atoms with E-state index >= 15 is 0 Å². The smallest absolute Gasteiger partial charge is 0.151 e.